The van der Waals surface area contributed by atoms with E-state index in [1.807, 2.05) is 6.07 Å². The highest BCUT2D eigenvalue weighted by molar-refractivity contribution is 5.29. The zero-order chi connectivity index (χ0) is 9.10. The van der Waals surface area contributed by atoms with Gasteiger partial charge in [0.1, 0.15) is 0 Å². The van der Waals surface area contributed by atoms with Crippen LogP contribution < -0.4 is 16.0 Å². The first-order valence-electron chi connectivity index (χ1n) is 4.37. The molecule has 0 aromatic carbocycles. The molecule has 0 saturated carbocycles. The topological polar surface area (TPSA) is 67.1 Å². The third kappa shape index (κ3) is 1.93. The van der Waals surface area contributed by atoms with Crippen LogP contribution in [0.4, 0.5) is 5.95 Å². The summed E-state index contributed by atoms with van der Waals surface area (Å²) in [5.74, 6) is 0.763. The molecule has 0 bridgehead atoms. The summed E-state index contributed by atoms with van der Waals surface area (Å²) >= 11 is 0. The normalized spacial score (nSPS) is 23.2. The second-order valence-electron chi connectivity index (χ2n) is 3.06. The van der Waals surface area contributed by atoms with Crippen molar-refractivity contribution in [1.82, 2.24) is 15.3 Å². The largest absolute Gasteiger partial charge is 0.337 e. The number of nitrogens with two attached hydrogens (primary N) is 1. The molecular formula is C8H13N5. The minimum absolute atomic E-state index is 0.0255. The summed E-state index contributed by atoms with van der Waals surface area (Å²) < 4.78 is 0. The van der Waals surface area contributed by atoms with E-state index in [-0.39, 0.29) is 6.17 Å². The molecule has 0 spiro atoms. The van der Waals surface area contributed by atoms with E-state index < -0.39 is 0 Å². The predicted octanol–water partition coefficient (Wildman–Crippen LogP) is -0.829. The second kappa shape index (κ2) is 3.68. The highest BCUT2D eigenvalue weighted by atomic mass is 15.3. The van der Waals surface area contributed by atoms with Gasteiger partial charge in [-0.3, -0.25) is 5.32 Å². The third-order valence-corrected chi connectivity index (χ3v) is 2.04. The fourth-order valence-corrected chi connectivity index (χ4v) is 1.41. The Kier molecular flexibility index (Phi) is 2.37. The van der Waals surface area contributed by atoms with Gasteiger partial charge in [-0.15, -0.1) is 0 Å². The number of aromatic nitrogens is 2. The zero-order valence-corrected chi connectivity index (χ0v) is 7.35. The number of piperazine rings is 1. The Labute approximate surface area is 77.0 Å². The molecule has 1 fully saturated rings. The Morgan fingerprint density at radius 2 is 2.23 bits per heavy atom. The van der Waals surface area contributed by atoms with Gasteiger partial charge in [-0.25, -0.2) is 9.97 Å². The number of rotatable bonds is 1. The Bertz CT molecular complexity index is 262. The van der Waals surface area contributed by atoms with Crippen molar-refractivity contribution in [2.45, 2.75) is 6.17 Å². The summed E-state index contributed by atoms with van der Waals surface area (Å²) in [6.07, 6.45) is 3.52. The maximum Gasteiger partial charge on any atom is 0.225 e. The molecule has 2 rings (SSSR count). The highest BCUT2D eigenvalue weighted by Gasteiger charge is 2.17. The molecule has 1 atom stereocenters. The van der Waals surface area contributed by atoms with Crippen LogP contribution in [0, 0.1) is 0 Å². The van der Waals surface area contributed by atoms with Gasteiger partial charge in [-0.05, 0) is 6.07 Å². The van der Waals surface area contributed by atoms with Gasteiger partial charge in [0.2, 0.25) is 5.95 Å². The maximum absolute atomic E-state index is 5.75. The molecule has 2 heterocycles. The van der Waals surface area contributed by atoms with E-state index in [0.717, 1.165) is 25.6 Å². The smallest absolute Gasteiger partial charge is 0.225 e. The summed E-state index contributed by atoms with van der Waals surface area (Å²) in [5.41, 5.74) is 5.75. The minimum atomic E-state index is 0.0255. The van der Waals surface area contributed by atoms with Gasteiger partial charge < -0.3 is 10.6 Å². The van der Waals surface area contributed by atoms with E-state index in [1.54, 1.807) is 12.4 Å². The molecular weight excluding hydrogens is 166 g/mol. The fourth-order valence-electron chi connectivity index (χ4n) is 1.41. The lowest BCUT2D eigenvalue weighted by atomic mass is 10.3. The maximum atomic E-state index is 5.75. The summed E-state index contributed by atoms with van der Waals surface area (Å²) in [4.78, 5) is 10.4. The number of nitrogens with zero attached hydrogens (tertiary/aromatic N) is 3. The van der Waals surface area contributed by atoms with Crippen molar-refractivity contribution in [2.24, 2.45) is 5.73 Å². The number of anilines is 1. The van der Waals surface area contributed by atoms with E-state index in [1.165, 1.54) is 0 Å². The van der Waals surface area contributed by atoms with Gasteiger partial charge in [0, 0.05) is 32.0 Å². The molecule has 1 aliphatic rings. The number of hydrogen-bond donors (Lipinski definition) is 2. The summed E-state index contributed by atoms with van der Waals surface area (Å²) in [5, 5.41) is 3.16. The van der Waals surface area contributed by atoms with E-state index in [4.69, 9.17) is 5.73 Å². The van der Waals surface area contributed by atoms with Crippen LogP contribution in [0.25, 0.3) is 0 Å². The molecule has 13 heavy (non-hydrogen) atoms. The summed E-state index contributed by atoms with van der Waals surface area (Å²) in [6, 6.07) is 1.81. The predicted molar refractivity (Wildman–Crippen MR) is 50.2 cm³/mol. The quantitative estimate of drug-likeness (QED) is 0.589. The van der Waals surface area contributed by atoms with Crippen LogP contribution >= 0.6 is 0 Å². The van der Waals surface area contributed by atoms with Gasteiger partial charge in [0.05, 0.1) is 6.17 Å². The molecule has 3 N–H and O–H groups in total. The van der Waals surface area contributed by atoms with Crippen molar-refractivity contribution in [3.63, 3.8) is 0 Å². The van der Waals surface area contributed by atoms with E-state index >= 15 is 0 Å². The van der Waals surface area contributed by atoms with Crippen molar-refractivity contribution in [2.75, 3.05) is 24.5 Å². The second-order valence-corrected chi connectivity index (χ2v) is 3.06. The molecule has 0 amide bonds. The standard InChI is InChI=1S/C8H13N5/c9-7-6-13(5-4-10-7)8-11-2-1-3-12-8/h1-3,7,10H,4-6,9H2. The van der Waals surface area contributed by atoms with Crippen LogP contribution in [0.1, 0.15) is 0 Å². The van der Waals surface area contributed by atoms with Crippen molar-refractivity contribution >= 4 is 5.95 Å². The van der Waals surface area contributed by atoms with Crippen LogP contribution in [-0.4, -0.2) is 35.8 Å². The first-order valence-corrected chi connectivity index (χ1v) is 4.37. The molecule has 1 unspecified atom stereocenters. The minimum Gasteiger partial charge on any atom is -0.337 e. The summed E-state index contributed by atoms with van der Waals surface area (Å²) in [6.45, 7) is 2.57. The molecule has 0 radical (unpaired) electrons. The van der Waals surface area contributed by atoms with Crippen molar-refractivity contribution < 1.29 is 0 Å². The highest BCUT2D eigenvalue weighted by Crippen LogP contribution is 2.06. The summed E-state index contributed by atoms with van der Waals surface area (Å²) in [7, 11) is 0. The fraction of sp³-hybridized carbons (Fsp3) is 0.500. The number of hydrogen-bond acceptors (Lipinski definition) is 5. The van der Waals surface area contributed by atoms with Crippen molar-refractivity contribution in [1.29, 1.82) is 0 Å². The van der Waals surface area contributed by atoms with E-state index in [2.05, 4.69) is 20.2 Å². The molecule has 1 aliphatic heterocycles. The molecule has 1 aromatic rings. The average Bonchev–Trinajstić information content (AvgIpc) is 2.19. The van der Waals surface area contributed by atoms with Gasteiger partial charge in [0.25, 0.3) is 0 Å². The van der Waals surface area contributed by atoms with Crippen molar-refractivity contribution in [3.8, 4) is 0 Å². The van der Waals surface area contributed by atoms with Crippen LogP contribution in [0.3, 0.4) is 0 Å². The first kappa shape index (κ1) is 8.40. The van der Waals surface area contributed by atoms with Crippen LogP contribution in [-0.2, 0) is 0 Å². The van der Waals surface area contributed by atoms with Gasteiger partial charge in [-0.1, -0.05) is 0 Å². The Morgan fingerprint density at radius 3 is 2.92 bits per heavy atom. The van der Waals surface area contributed by atoms with Crippen LogP contribution in [0.5, 0.6) is 0 Å². The molecule has 5 nitrogen and oxygen atoms in total. The molecule has 1 saturated heterocycles. The zero-order valence-electron chi connectivity index (χ0n) is 7.35. The Hall–Kier alpha value is -1.20. The Morgan fingerprint density at radius 1 is 1.46 bits per heavy atom. The molecule has 5 heteroatoms. The average molecular weight is 179 g/mol. The van der Waals surface area contributed by atoms with Gasteiger partial charge in [0.15, 0.2) is 0 Å². The van der Waals surface area contributed by atoms with Gasteiger partial charge >= 0.3 is 0 Å². The lowest BCUT2D eigenvalue weighted by Gasteiger charge is -2.31. The molecule has 1 aromatic heterocycles. The van der Waals surface area contributed by atoms with Crippen LogP contribution in [0.15, 0.2) is 18.5 Å². The molecule has 70 valence electrons. The monoisotopic (exact) mass is 179 g/mol. The SMILES string of the molecule is NC1CN(c2ncccn2)CCN1. The lowest BCUT2D eigenvalue weighted by Crippen LogP contribution is -2.55. The lowest BCUT2D eigenvalue weighted by molar-refractivity contribution is 0.464. The molecule has 0 aliphatic carbocycles. The van der Waals surface area contributed by atoms with Crippen LogP contribution in [0.2, 0.25) is 0 Å². The first-order chi connectivity index (χ1) is 6.36. The number of nitrogens with one attached hydrogen (secondary N) is 1. The van der Waals surface area contributed by atoms with E-state index in [9.17, 15) is 0 Å². The Balaban J connectivity index is 2.08. The third-order valence-electron chi connectivity index (χ3n) is 2.04. The van der Waals surface area contributed by atoms with Crippen molar-refractivity contribution in [3.05, 3.63) is 18.5 Å². The van der Waals surface area contributed by atoms with Gasteiger partial charge in [-0.2, -0.15) is 0 Å². The van der Waals surface area contributed by atoms with E-state index in [0.29, 0.717) is 0 Å².